The molecule has 38 heavy (non-hydrogen) atoms. The Balaban J connectivity index is 1.47. The maximum Gasteiger partial charge on any atom is 0.411 e. The molecule has 1 N–H and O–H groups in total. The van der Waals surface area contributed by atoms with Crippen molar-refractivity contribution in [3.05, 3.63) is 84.4 Å². The van der Waals surface area contributed by atoms with Gasteiger partial charge in [-0.05, 0) is 56.7 Å². The molecule has 0 saturated carbocycles. The molecule has 0 aliphatic rings. The highest BCUT2D eigenvalue weighted by atomic mass is 32.2. The van der Waals surface area contributed by atoms with Crippen LogP contribution in [0.4, 0.5) is 16.2 Å². The Bertz CT molecular complexity index is 1480. The predicted octanol–water partition coefficient (Wildman–Crippen LogP) is 5.11. The van der Waals surface area contributed by atoms with E-state index in [1.54, 1.807) is 12.1 Å². The van der Waals surface area contributed by atoms with E-state index in [1.165, 1.54) is 4.57 Å². The Morgan fingerprint density at radius 2 is 1.61 bits per heavy atom. The second kappa shape index (κ2) is 11.9. The molecule has 0 unspecified atom stereocenters. The lowest BCUT2D eigenvalue weighted by molar-refractivity contribution is 0.168. The highest BCUT2D eigenvalue weighted by Gasteiger charge is 2.27. The summed E-state index contributed by atoms with van der Waals surface area (Å²) < 4.78 is 33.3. The van der Waals surface area contributed by atoms with Gasteiger partial charge in [-0.2, -0.15) is 0 Å². The van der Waals surface area contributed by atoms with E-state index < -0.39 is 21.7 Å². The summed E-state index contributed by atoms with van der Waals surface area (Å²) in [5, 5.41) is 10.7. The number of rotatable bonds is 10. The number of nitrogens with zero attached hydrogens (tertiary/aromatic N) is 4. The summed E-state index contributed by atoms with van der Waals surface area (Å²) in [5.41, 5.74) is 3.88. The molecule has 0 aliphatic heterocycles. The number of hydrogen-bond acceptors (Lipinski definition) is 7. The lowest BCUT2D eigenvalue weighted by Crippen LogP contribution is -2.23. The zero-order valence-electron chi connectivity index (χ0n) is 21.7. The van der Waals surface area contributed by atoms with Crippen LogP contribution in [0.3, 0.4) is 0 Å². The third-order valence-electron chi connectivity index (χ3n) is 6.12. The van der Waals surface area contributed by atoms with Crippen molar-refractivity contribution in [3.8, 4) is 17.1 Å². The smallest absolute Gasteiger partial charge is 0.411 e. The Kier molecular flexibility index (Phi) is 8.42. The van der Waals surface area contributed by atoms with Crippen LogP contribution < -0.4 is 10.2 Å². The molecular weight excluding hydrogens is 502 g/mol. The van der Waals surface area contributed by atoms with Crippen LogP contribution in [0.5, 0.6) is 0 Å². The number of amides is 1. The SMILES string of the molecule is CCN(CC)c1ccc(NC(=O)OCCS(=O)(=O)c2nnc(-c3ccccc3)n2-c2ccccc2)c(C)c1. The van der Waals surface area contributed by atoms with Gasteiger partial charge in [0, 0.05) is 35.7 Å². The first kappa shape index (κ1) is 26.9. The molecule has 4 rings (SSSR count). The fourth-order valence-electron chi connectivity index (χ4n) is 4.11. The molecule has 198 valence electrons. The number of carbonyl (C=O) groups is 1. The summed E-state index contributed by atoms with van der Waals surface area (Å²) in [6.07, 6.45) is -0.728. The number of hydrogen-bond donors (Lipinski definition) is 1. The number of nitrogens with one attached hydrogen (secondary N) is 1. The number of ether oxygens (including phenoxy) is 1. The van der Waals surface area contributed by atoms with Crippen molar-refractivity contribution in [1.29, 1.82) is 0 Å². The van der Waals surface area contributed by atoms with E-state index in [1.807, 2.05) is 73.7 Å². The molecule has 0 atom stereocenters. The van der Waals surface area contributed by atoms with Gasteiger partial charge in [0.25, 0.3) is 5.16 Å². The molecule has 0 bridgehead atoms. The van der Waals surface area contributed by atoms with Crippen LogP contribution in [0.1, 0.15) is 19.4 Å². The van der Waals surface area contributed by atoms with E-state index in [2.05, 4.69) is 34.3 Å². The van der Waals surface area contributed by atoms with Gasteiger partial charge in [-0.25, -0.2) is 13.2 Å². The molecule has 4 aromatic rings. The van der Waals surface area contributed by atoms with Crippen LogP contribution in [0.2, 0.25) is 0 Å². The van der Waals surface area contributed by atoms with E-state index >= 15 is 0 Å². The Hall–Kier alpha value is -4.18. The second-order valence-electron chi connectivity index (χ2n) is 8.59. The largest absolute Gasteiger partial charge is 0.448 e. The first-order chi connectivity index (χ1) is 18.3. The molecule has 0 fully saturated rings. The Morgan fingerprint density at radius 3 is 2.24 bits per heavy atom. The minimum absolute atomic E-state index is 0.214. The van der Waals surface area contributed by atoms with Crippen molar-refractivity contribution in [2.45, 2.75) is 25.9 Å². The van der Waals surface area contributed by atoms with Crippen LogP contribution in [0, 0.1) is 6.92 Å². The monoisotopic (exact) mass is 533 g/mol. The quantitative estimate of drug-likeness (QED) is 0.302. The fraction of sp³-hybridized carbons (Fsp3) is 0.250. The highest BCUT2D eigenvalue weighted by Crippen LogP contribution is 2.26. The minimum atomic E-state index is -3.95. The van der Waals surface area contributed by atoms with Crippen LogP contribution >= 0.6 is 0 Å². The molecule has 0 aliphatic carbocycles. The molecule has 0 spiro atoms. The zero-order chi connectivity index (χ0) is 27.1. The van der Waals surface area contributed by atoms with Crippen LogP contribution in [-0.2, 0) is 14.6 Å². The molecule has 3 aromatic carbocycles. The average molecular weight is 534 g/mol. The van der Waals surface area contributed by atoms with Crippen LogP contribution in [0.15, 0.2) is 84.0 Å². The normalized spacial score (nSPS) is 11.2. The average Bonchev–Trinajstić information content (AvgIpc) is 3.38. The Labute approximate surface area is 223 Å². The van der Waals surface area contributed by atoms with Gasteiger partial charge in [-0.1, -0.05) is 48.5 Å². The van der Waals surface area contributed by atoms with Crippen LogP contribution in [0.25, 0.3) is 17.1 Å². The van der Waals surface area contributed by atoms with Crippen molar-refractivity contribution >= 4 is 27.3 Å². The van der Waals surface area contributed by atoms with Gasteiger partial charge in [-0.15, -0.1) is 10.2 Å². The number of benzene rings is 3. The number of aryl methyl sites for hydroxylation is 1. The summed E-state index contributed by atoms with van der Waals surface area (Å²) >= 11 is 0. The van der Waals surface area contributed by atoms with E-state index in [9.17, 15) is 13.2 Å². The van der Waals surface area contributed by atoms with Gasteiger partial charge in [-0.3, -0.25) is 9.88 Å². The summed E-state index contributed by atoms with van der Waals surface area (Å²) in [5.74, 6) is -0.0438. The number of carbonyl (C=O) groups excluding carboxylic acids is 1. The molecule has 0 saturated heterocycles. The molecule has 0 radical (unpaired) electrons. The number of sulfone groups is 1. The zero-order valence-corrected chi connectivity index (χ0v) is 22.5. The van der Waals surface area contributed by atoms with E-state index in [0.717, 1.165) is 29.9 Å². The summed E-state index contributed by atoms with van der Waals surface area (Å²) in [7, 11) is -3.95. The van der Waals surface area contributed by atoms with Gasteiger partial charge in [0.15, 0.2) is 5.82 Å². The van der Waals surface area contributed by atoms with E-state index in [4.69, 9.17) is 4.74 Å². The third kappa shape index (κ3) is 6.03. The van der Waals surface area contributed by atoms with Gasteiger partial charge in [0.2, 0.25) is 9.84 Å². The van der Waals surface area contributed by atoms with Gasteiger partial charge < -0.3 is 9.64 Å². The first-order valence-corrected chi connectivity index (χ1v) is 14.1. The third-order valence-corrected chi connectivity index (χ3v) is 7.64. The summed E-state index contributed by atoms with van der Waals surface area (Å²) in [4.78, 5) is 14.6. The lowest BCUT2D eigenvalue weighted by Gasteiger charge is -2.22. The van der Waals surface area contributed by atoms with Gasteiger partial charge >= 0.3 is 6.09 Å². The maximum absolute atomic E-state index is 13.3. The first-order valence-electron chi connectivity index (χ1n) is 12.4. The van der Waals surface area contributed by atoms with Crippen LogP contribution in [-0.4, -0.2) is 54.7 Å². The molecule has 1 aromatic heterocycles. The van der Waals surface area contributed by atoms with Gasteiger partial charge in [0.1, 0.15) is 6.61 Å². The topological polar surface area (TPSA) is 106 Å². The molecule has 1 heterocycles. The lowest BCUT2D eigenvalue weighted by atomic mass is 10.1. The fourth-order valence-corrected chi connectivity index (χ4v) is 5.23. The standard InChI is InChI=1S/C28H31N5O4S/c1-4-32(5-2)24-16-17-25(21(3)20-24)29-28(34)37-18-19-38(35,36)27-31-30-26(22-12-8-6-9-13-22)33(27)23-14-10-7-11-15-23/h6-17,20H,4-5,18-19H2,1-3H3,(H,29,34). The second-order valence-corrected chi connectivity index (χ2v) is 10.6. The van der Waals surface area contributed by atoms with Crippen molar-refractivity contribution in [2.24, 2.45) is 0 Å². The summed E-state index contributed by atoms with van der Waals surface area (Å²) in [6, 6.07) is 24.0. The van der Waals surface area contributed by atoms with E-state index in [-0.39, 0.29) is 11.8 Å². The maximum atomic E-state index is 13.3. The number of anilines is 2. The molecule has 9 nitrogen and oxygen atoms in total. The molecular formula is C28H31N5O4S. The highest BCUT2D eigenvalue weighted by molar-refractivity contribution is 7.91. The number of aromatic nitrogens is 3. The van der Waals surface area contributed by atoms with Crippen molar-refractivity contribution in [2.75, 3.05) is 35.7 Å². The van der Waals surface area contributed by atoms with Gasteiger partial charge in [0.05, 0.1) is 5.75 Å². The Morgan fingerprint density at radius 1 is 0.947 bits per heavy atom. The molecule has 1 amide bonds. The predicted molar refractivity (Wildman–Crippen MR) is 149 cm³/mol. The van der Waals surface area contributed by atoms with Crippen molar-refractivity contribution in [3.63, 3.8) is 0 Å². The summed E-state index contributed by atoms with van der Waals surface area (Å²) in [6.45, 7) is 7.48. The molecule has 10 heteroatoms. The van der Waals surface area contributed by atoms with Crippen molar-refractivity contribution in [1.82, 2.24) is 14.8 Å². The number of para-hydroxylation sites is 1. The minimum Gasteiger partial charge on any atom is -0.448 e. The van der Waals surface area contributed by atoms with E-state index in [0.29, 0.717) is 17.2 Å². The van der Waals surface area contributed by atoms with Crippen molar-refractivity contribution < 1.29 is 17.9 Å².